The molecule has 2 aromatic carbocycles. The smallest absolute Gasteiger partial charge is 0.290 e. The van der Waals surface area contributed by atoms with E-state index in [0.29, 0.717) is 5.69 Å². The summed E-state index contributed by atoms with van der Waals surface area (Å²) in [5.74, 6) is -0.575. The number of nitrogens with zero attached hydrogens (tertiary/aromatic N) is 2. The zero-order valence-corrected chi connectivity index (χ0v) is 14.6. The lowest BCUT2D eigenvalue weighted by Gasteiger charge is -2.17. The Labute approximate surface area is 149 Å². The van der Waals surface area contributed by atoms with Crippen LogP contribution in [0.5, 0.6) is 0 Å². The molecule has 8 nitrogen and oxygen atoms in total. The third-order valence-electron chi connectivity index (χ3n) is 3.23. The van der Waals surface area contributed by atoms with Crippen LogP contribution in [0.2, 0.25) is 5.02 Å². The molecule has 0 unspecified atom stereocenters. The van der Waals surface area contributed by atoms with E-state index in [1.165, 1.54) is 6.07 Å². The molecule has 2 rings (SSSR count). The van der Waals surface area contributed by atoms with Crippen LogP contribution >= 0.6 is 11.6 Å². The van der Waals surface area contributed by atoms with Gasteiger partial charge in [-0.05, 0) is 24.3 Å². The van der Waals surface area contributed by atoms with Crippen molar-refractivity contribution in [1.29, 1.82) is 0 Å². The topological polar surface area (TPSA) is 110 Å². The van der Waals surface area contributed by atoms with Gasteiger partial charge in [-0.1, -0.05) is 29.8 Å². The van der Waals surface area contributed by atoms with E-state index in [2.05, 4.69) is 5.32 Å². The first-order valence-electron chi connectivity index (χ1n) is 6.97. The number of halogens is 1. The van der Waals surface area contributed by atoms with E-state index in [4.69, 9.17) is 11.6 Å². The normalized spacial score (nSPS) is 11.3. The minimum absolute atomic E-state index is 0.0372. The summed E-state index contributed by atoms with van der Waals surface area (Å²) >= 11 is 5.69. The summed E-state index contributed by atoms with van der Waals surface area (Å²) in [6.45, 7) is -0.503. The van der Waals surface area contributed by atoms with Crippen LogP contribution in [0.25, 0.3) is 0 Å². The van der Waals surface area contributed by atoms with Crippen molar-refractivity contribution in [2.24, 2.45) is 0 Å². The Balaban J connectivity index is 2.22. The van der Waals surface area contributed by atoms with Crippen LogP contribution in [0.1, 0.15) is 0 Å². The van der Waals surface area contributed by atoms with E-state index in [1.54, 1.807) is 30.3 Å². The highest BCUT2D eigenvalue weighted by molar-refractivity contribution is 7.89. The molecule has 0 aliphatic rings. The van der Waals surface area contributed by atoms with Crippen molar-refractivity contribution in [1.82, 2.24) is 4.31 Å². The van der Waals surface area contributed by atoms with Gasteiger partial charge < -0.3 is 5.32 Å². The molecule has 0 atom stereocenters. The number of likely N-dealkylation sites (N-methyl/N-ethyl adjacent to an activating group) is 1. The Morgan fingerprint density at radius 3 is 2.48 bits per heavy atom. The van der Waals surface area contributed by atoms with E-state index in [9.17, 15) is 23.3 Å². The molecule has 0 saturated heterocycles. The molecule has 1 amide bonds. The van der Waals surface area contributed by atoms with Gasteiger partial charge in [0.25, 0.3) is 5.69 Å². The minimum Gasteiger partial charge on any atom is -0.325 e. The van der Waals surface area contributed by atoms with Crippen molar-refractivity contribution in [3.8, 4) is 0 Å². The van der Waals surface area contributed by atoms with Crippen molar-refractivity contribution in [3.63, 3.8) is 0 Å². The number of sulfonamides is 1. The highest BCUT2D eigenvalue weighted by atomic mass is 35.5. The maximum Gasteiger partial charge on any atom is 0.290 e. The van der Waals surface area contributed by atoms with E-state index in [1.807, 2.05) is 0 Å². The Kier molecular flexibility index (Phi) is 5.73. The van der Waals surface area contributed by atoms with Gasteiger partial charge in [-0.3, -0.25) is 14.9 Å². The third-order valence-corrected chi connectivity index (χ3v) is 5.32. The van der Waals surface area contributed by atoms with E-state index < -0.39 is 38.0 Å². The fourth-order valence-corrected chi connectivity index (χ4v) is 3.46. The number of carbonyl (C=O) groups is 1. The summed E-state index contributed by atoms with van der Waals surface area (Å²) in [5.41, 5.74) is -0.140. The first-order valence-corrected chi connectivity index (χ1v) is 8.79. The summed E-state index contributed by atoms with van der Waals surface area (Å²) in [5, 5.41) is 13.7. The van der Waals surface area contributed by atoms with E-state index in [0.717, 1.165) is 23.5 Å². The summed E-state index contributed by atoms with van der Waals surface area (Å²) in [4.78, 5) is 21.7. The van der Waals surface area contributed by atoms with Gasteiger partial charge in [-0.2, -0.15) is 4.31 Å². The lowest BCUT2D eigenvalue weighted by Crippen LogP contribution is -2.35. The van der Waals surface area contributed by atoms with Gasteiger partial charge in [-0.25, -0.2) is 8.42 Å². The quantitative estimate of drug-likeness (QED) is 0.608. The van der Waals surface area contributed by atoms with Crippen molar-refractivity contribution in [3.05, 3.63) is 63.7 Å². The number of rotatable bonds is 6. The SMILES string of the molecule is CN(CC(=O)Nc1ccccc1)S(=O)(=O)c1ccc(Cl)cc1[N+](=O)[O-]. The molecule has 0 aromatic heterocycles. The minimum atomic E-state index is -4.25. The largest absolute Gasteiger partial charge is 0.325 e. The van der Waals surface area contributed by atoms with Crippen LogP contribution < -0.4 is 5.32 Å². The maximum atomic E-state index is 12.6. The van der Waals surface area contributed by atoms with E-state index in [-0.39, 0.29) is 5.02 Å². The zero-order valence-electron chi connectivity index (χ0n) is 13.0. The second-order valence-electron chi connectivity index (χ2n) is 5.04. The number of carbonyl (C=O) groups excluding carboxylic acids is 1. The number of para-hydroxylation sites is 1. The van der Waals surface area contributed by atoms with Crippen molar-refractivity contribution in [2.45, 2.75) is 4.90 Å². The van der Waals surface area contributed by atoms with Crippen LogP contribution in [0.3, 0.4) is 0 Å². The molecule has 0 spiro atoms. The van der Waals surface area contributed by atoms with Gasteiger partial charge in [-0.15, -0.1) is 0 Å². The van der Waals surface area contributed by atoms with E-state index >= 15 is 0 Å². The highest BCUT2D eigenvalue weighted by Gasteiger charge is 2.30. The van der Waals surface area contributed by atoms with Crippen LogP contribution in [0, 0.1) is 10.1 Å². The van der Waals surface area contributed by atoms with Gasteiger partial charge in [0.2, 0.25) is 15.9 Å². The molecule has 0 fully saturated rings. The number of hydrogen-bond acceptors (Lipinski definition) is 5. The molecule has 10 heteroatoms. The second kappa shape index (κ2) is 7.60. The zero-order chi connectivity index (χ0) is 18.6. The lowest BCUT2D eigenvalue weighted by atomic mass is 10.3. The monoisotopic (exact) mass is 383 g/mol. The second-order valence-corrected chi connectivity index (χ2v) is 7.49. The number of hydrogen-bond donors (Lipinski definition) is 1. The Bertz CT molecular complexity index is 903. The molecule has 1 N–H and O–H groups in total. The first kappa shape index (κ1) is 18.8. The fourth-order valence-electron chi connectivity index (χ4n) is 2.03. The van der Waals surface area contributed by atoms with Crippen LogP contribution in [-0.2, 0) is 14.8 Å². The molecule has 132 valence electrons. The number of nitrogens with one attached hydrogen (secondary N) is 1. The Hall–Kier alpha value is -2.49. The molecule has 0 heterocycles. The van der Waals surface area contributed by atoms with Gasteiger partial charge in [0, 0.05) is 23.8 Å². The molecule has 2 aromatic rings. The fraction of sp³-hybridized carbons (Fsp3) is 0.133. The average molecular weight is 384 g/mol. The number of nitro groups is 1. The number of benzene rings is 2. The molecular weight excluding hydrogens is 370 g/mol. The molecule has 0 saturated carbocycles. The summed E-state index contributed by atoms with van der Waals surface area (Å²) in [6.07, 6.45) is 0. The van der Waals surface area contributed by atoms with Crippen LogP contribution in [0.4, 0.5) is 11.4 Å². The standard InChI is InChI=1S/C15H14ClN3O5S/c1-18(10-15(20)17-12-5-3-2-4-6-12)25(23,24)14-8-7-11(16)9-13(14)19(21)22/h2-9H,10H2,1H3,(H,17,20). The summed E-state index contributed by atoms with van der Waals surface area (Å²) in [7, 11) is -3.08. The summed E-state index contributed by atoms with van der Waals surface area (Å²) < 4.78 is 25.8. The van der Waals surface area contributed by atoms with Gasteiger partial charge in [0.05, 0.1) is 11.5 Å². The van der Waals surface area contributed by atoms with Gasteiger partial charge in [0.1, 0.15) is 0 Å². The summed E-state index contributed by atoms with van der Waals surface area (Å²) in [6, 6.07) is 11.7. The molecule has 0 bridgehead atoms. The van der Waals surface area contributed by atoms with Crippen molar-refractivity contribution in [2.75, 3.05) is 18.9 Å². The predicted octanol–water partition coefficient (Wildman–Crippen LogP) is 2.51. The molecule has 0 aliphatic carbocycles. The van der Waals surface area contributed by atoms with Crippen molar-refractivity contribution >= 4 is 38.9 Å². The number of anilines is 1. The van der Waals surface area contributed by atoms with Gasteiger partial charge >= 0.3 is 0 Å². The number of amides is 1. The van der Waals surface area contributed by atoms with Crippen molar-refractivity contribution < 1.29 is 18.1 Å². The first-order chi connectivity index (χ1) is 11.7. The third kappa shape index (κ3) is 4.53. The lowest BCUT2D eigenvalue weighted by molar-refractivity contribution is -0.387. The number of nitro benzene ring substituents is 1. The molecule has 0 radical (unpaired) electrons. The van der Waals surface area contributed by atoms with Crippen LogP contribution in [0.15, 0.2) is 53.4 Å². The Morgan fingerprint density at radius 2 is 1.88 bits per heavy atom. The highest BCUT2D eigenvalue weighted by Crippen LogP contribution is 2.29. The van der Waals surface area contributed by atoms with Gasteiger partial charge in [0.15, 0.2) is 4.90 Å². The van der Waals surface area contributed by atoms with Crippen LogP contribution in [-0.4, -0.2) is 37.1 Å². The average Bonchev–Trinajstić information content (AvgIpc) is 2.55. The predicted molar refractivity (Wildman–Crippen MR) is 93.0 cm³/mol. The molecule has 25 heavy (non-hydrogen) atoms. The maximum absolute atomic E-state index is 12.6. The molecular formula is C15H14ClN3O5S. The molecule has 0 aliphatic heterocycles. The Morgan fingerprint density at radius 1 is 1.24 bits per heavy atom.